The first-order chi connectivity index (χ1) is 11.2. The van der Waals surface area contributed by atoms with E-state index in [1.54, 1.807) is 96.3 Å². The predicted molar refractivity (Wildman–Crippen MR) is 99.6 cm³/mol. The van der Waals surface area contributed by atoms with E-state index in [0.717, 1.165) is 6.92 Å². The molecule has 0 heterocycles. The molecule has 0 aromatic heterocycles. The topological polar surface area (TPSA) is 40.1 Å². The van der Waals surface area contributed by atoms with E-state index in [0.29, 0.717) is 0 Å². The van der Waals surface area contributed by atoms with Crippen LogP contribution in [0.4, 0.5) is 0 Å². The van der Waals surface area contributed by atoms with E-state index < -0.39 is 5.97 Å². The molecule has 0 saturated heterocycles. The summed E-state index contributed by atoms with van der Waals surface area (Å²) in [4.78, 5) is 8.89. The number of carboxylic acid groups (broad SMARTS) is 1. The quantitative estimate of drug-likeness (QED) is 0.453. The fourth-order valence-electron chi connectivity index (χ4n) is 5.31. The van der Waals surface area contributed by atoms with Gasteiger partial charge >= 0.3 is 22.4 Å². The Morgan fingerprint density at radius 3 is 1.08 bits per heavy atom. The summed E-state index contributed by atoms with van der Waals surface area (Å²) < 4.78 is 0. The predicted octanol–water partition coefficient (Wildman–Crippen LogP) is 4.95. The van der Waals surface area contributed by atoms with Gasteiger partial charge in [0.05, 0.1) is 17.0 Å². The van der Waals surface area contributed by atoms with E-state index >= 15 is 0 Å². The molecule has 0 aromatic carbocycles. The molecule has 0 aliphatic heterocycles. The molecule has 3 fully saturated rings. The van der Waals surface area contributed by atoms with Gasteiger partial charge in [-0.05, 0) is 84.0 Å². The molecule has 0 atom stereocenters. The van der Waals surface area contributed by atoms with Crippen molar-refractivity contribution in [2.45, 2.75) is 120 Å². The zero-order valence-corrected chi connectivity index (χ0v) is 17.9. The van der Waals surface area contributed by atoms with E-state index in [1.807, 2.05) is 0 Å². The molecule has 3 rings (SSSR count). The smallest absolute Gasteiger partial charge is 0.550 e. The number of aliphatic carboxylic acids is 1. The number of carbonyl (C=O) groups is 1. The van der Waals surface area contributed by atoms with Crippen LogP contribution >= 0.6 is 7.92 Å². The largest absolute Gasteiger partial charge is 1.00 e. The minimum absolute atomic E-state index is 0. The summed E-state index contributed by atoms with van der Waals surface area (Å²) in [6.07, 6.45) is 23.8. The van der Waals surface area contributed by atoms with Gasteiger partial charge in [0.15, 0.2) is 0 Å². The number of carboxylic acids is 1. The maximum atomic E-state index is 8.89. The molecule has 0 amide bonds. The van der Waals surface area contributed by atoms with Crippen LogP contribution in [0.25, 0.3) is 0 Å². The molecule has 0 bridgehead atoms. The van der Waals surface area contributed by atoms with Gasteiger partial charge in [0.25, 0.3) is 0 Å². The fourth-order valence-corrected chi connectivity index (χ4v) is 10.5. The van der Waals surface area contributed by atoms with Crippen LogP contribution in [0.1, 0.15) is 103 Å². The van der Waals surface area contributed by atoms with Crippen LogP contribution in [0, 0.1) is 0 Å². The second-order valence-electron chi connectivity index (χ2n) is 8.00. The van der Waals surface area contributed by atoms with Crippen molar-refractivity contribution < 1.29 is 32.3 Å². The first-order valence-electron chi connectivity index (χ1n) is 10.2. The van der Waals surface area contributed by atoms with Gasteiger partial charge in [-0.3, -0.25) is 0 Å². The second kappa shape index (κ2) is 12.9. The van der Waals surface area contributed by atoms with Gasteiger partial charge in [-0.15, -0.1) is 0 Å². The summed E-state index contributed by atoms with van der Waals surface area (Å²) in [6, 6.07) is 0. The normalized spacial score (nSPS) is 23.9. The van der Waals surface area contributed by atoms with Crippen LogP contribution < -0.4 is 5.11 Å². The van der Waals surface area contributed by atoms with Crippen LogP contribution in [0.15, 0.2) is 0 Å². The zero-order valence-electron chi connectivity index (χ0n) is 15.5. The minimum atomic E-state index is -1.08. The zero-order chi connectivity index (χ0) is 16.5. The third-order valence-corrected chi connectivity index (χ3v) is 10.8. The van der Waals surface area contributed by atoms with Gasteiger partial charge in [0.2, 0.25) is 0 Å². The van der Waals surface area contributed by atoms with Crippen molar-refractivity contribution in [2.75, 3.05) is 0 Å². The first kappa shape index (κ1) is 22.7. The van der Waals surface area contributed by atoms with Crippen molar-refractivity contribution in [1.82, 2.24) is 0 Å². The molecule has 144 valence electrons. The summed E-state index contributed by atoms with van der Waals surface area (Å²) in [6.45, 7) is 0.972. The van der Waals surface area contributed by atoms with Gasteiger partial charge in [-0.1, -0.05) is 19.3 Å². The molecule has 3 saturated carbocycles. The van der Waals surface area contributed by atoms with Crippen LogP contribution in [0.2, 0.25) is 0 Å². The first-order valence-corrected chi connectivity index (χ1v) is 12.0. The van der Waals surface area contributed by atoms with E-state index in [1.165, 1.54) is 17.0 Å². The van der Waals surface area contributed by atoms with Crippen molar-refractivity contribution in [3.63, 3.8) is 0 Å². The maximum Gasteiger partial charge on any atom is 1.00 e. The Kier molecular flexibility index (Phi) is 12.2. The summed E-state index contributed by atoms with van der Waals surface area (Å²) in [7, 11) is -0.0465. The van der Waals surface area contributed by atoms with Crippen LogP contribution in [-0.2, 0) is 27.2 Å². The molecule has 0 radical (unpaired) electrons. The van der Waals surface area contributed by atoms with E-state index in [-0.39, 0.29) is 30.3 Å². The Bertz CT molecular complexity index is 286. The Labute approximate surface area is 166 Å². The van der Waals surface area contributed by atoms with E-state index in [9.17, 15) is 0 Å². The van der Waals surface area contributed by atoms with Crippen molar-refractivity contribution >= 4 is 13.9 Å². The SMILES string of the molecule is C1CCC([PH+](C2CCCCC2)C2CCCCC2)CC1.CC(=O)[O-].[Ag+]. The number of rotatable bonds is 3. The summed E-state index contributed by atoms with van der Waals surface area (Å²) in [5.41, 5.74) is 3.68. The molecule has 0 N–H and O–H groups in total. The van der Waals surface area contributed by atoms with Gasteiger partial charge in [0.1, 0.15) is 0 Å². The third kappa shape index (κ3) is 7.90. The molecule has 24 heavy (non-hydrogen) atoms. The van der Waals surface area contributed by atoms with E-state index in [4.69, 9.17) is 9.90 Å². The Morgan fingerprint density at radius 2 is 0.875 bits per heavy atom. The number of hydrogen-bond donors (Lipinski definition) is 0. The van der Waals surface area contributed by atoms with Gasteiger partial charge < -0.3 is 9.90 Å². The van der Waals surface area contributed by atoms with Crippen molar-refractivity contribution in [2.24, 2.45) is 0 Å². The molecule has 2 nitrogen and oxygen atoms in total. The number of hydrogen-bond acceptors (Lipinski definition) is 2. The standard InChI is InChI=1S/C18H33P.C2H4O2.Ag/c1-4-10-16(11-5-1)19(17-12-6-2-7-13-17)18-14-8-3-9-15-18;1-2(3)4;/h16-18H,1-15H2;1H3,(H,3,4);/q;;+1. The molecule has 3 aliphatic rings. The summed E-state index contributed by atoms with van der Waals surface area (Å²) >= 11 is 0. The Hall–Kier alpha value is 0.640. The molecular formula is C20H37AgO2P+. The summed E-state index contributed by atoms with van der Waals surface area (Å²) in [5, 5.41) is 8.89. The molecule has 0 aromatic rings. The average molecular weight is 448 g/mol. The fraction of sp³-hybridized carbons (Fsp3) is 0.950. The van der Waals surface area contributed by atoms with Crippen LogP contribution in [-0.4, -0.2) is 22.9 Å². The third-order valence-electron chi connectivity index (χ3n) is 6.23. The molecule has 0 unspecified atom stereocenters. The Balaban J connectivity index is 0.000000522. The molecule has 3 aliphatic carbocycles. The van der Waals surface area contributed by atoms with Crippen molar-refractivity contribution in [3.05, 3.63) is 0 Å². The molecule has 4 heteroatoms. The van der Waals surface area contributed by atoms with E-state index in [2.05, 4.69) is 0 Å². The van der Waals surface area contributed by atoms with Gasteiger partial charge in [-0.25, -0.2) is 0 Å². The van der Waals surface area contributed by atoms with Gasteiger partial charge in [-0.2, -0.15) is 0 Å². The minimum Gasteiger partial charge on any atom is -0.550 e. The van der Waals surface area contributed by atoms with Crippen molar-refractivity contribution in [1.29, 1.82) is 0 Å². The van der Waals surface area contributed by atoms with Crippen LogP contribution in [0.3, 0.4) is 0 Å². The number of carbonyl (C=O) groups excluding carboxylic acids is 1. The molecular weight excluding hydrogens is 411 g/mol. The van der Waals surface area contributed by atoms with Crippen molar-refractivity contribution in [3.8, 4) is 0 Å². The molecule has 0 spiro atoms. The monoisotopic (exact) mass is 447 g/mol. The van der Waals surface area contributed by atoms with Crippen LogP contribution in [0.5, 0.6) is 0 Å². The Morgan fingerprint density at radius 1 is 0.667 bits per heavy atom. The van der Waals surface area contributed by atoms with Gasteiger partial charge in [0, 0.05) is 13.9 Å². The average Bonchev–Trinajstić information content (AvgIpc) is 2.58. The maximum absolute atomic E-state index is 8.89. The second-order valence-corrected chi connectivity index (χ2v) is 11.4. The summed E-state index contributed by atoms with van der Waals surface area (Å²) in [5.74, 6) is -1.08.